The van der Waals surface area contributed by atoms with Crippen LogP contribution in [0.15, 0.2) is 212 Å². The van der Waals surface area contributed by atoms with E-state index in [0.29, 0.717) is 5.92 Å². The minimum absolute atomic E-state index is 0.190. The van der Waals surface area contributed by atoms with E-state index in [0.717, 1.165) is 18.5 Å². The van der Waals surface area contributed by atoms with Gasteiger partial charge in [0.15, 0.2) is 0 Å². The highest BCUT2D eigenvalue weighted by atomic mass is 15.2. The molecule has 3 aliphatic carbocycles. The summed E-state index contributed by atoms with van der Waals surface area (Å²) in [4.78, 5) is 4.87. The first kappa shape index (κ1) is 31.6. The smallest absolute Gasteiger partial charge is 0.0628 e. The average molecular weight is 669 g/mol. The zero-order valence-electron chi connectivity index (χ0n) is 29.1. The molecule has 6 aromatic rings. The van der Waals surface area contributed by atoms with Crippen molar-refractivity contribution in [3.05, 3.63) is 223 Å². The van der Waals surface area contributed by atoms with Crippen LogP contribution in [0.25, 0.3) is 28.0 Å². The number of benzene rings is 6. The molecule has 52 heavy (non-hydrogen) atoms. The third-order valence-electron chi connectivity index (χ3n) is 10.5. The maximum absolute atomic E-state index is 2.47. The fourth-order valence-corrected chi connectivity index (χ4v) is 7.93. The van der Waals surface area contributed by atoms with Crippen LogP contribution in [0.3, 0.4) is 0 Å². The Bertz CT molecular complexity index is 2330. The van der Waals surface area contributed by atoms with Crippen molar-refractivity contribution in [1.82, 2.24) is 0 Å². The van der Waals surface area contributed by atoms with Gasteiger partial charge in [-0.1, -0.05) is 158 Å². The molecule has 2 nitrogen and oxygen atoms in total. The number of fused-ring (bicyclic) bond motifs is 2. The minimum Gasteiger partial charge on any atom is -0.334 e. The van der Waals surface area contributed by atoms with Gasteiger partial charge in [0.2, 0.25) is 0 Å². The Labute approximate surface area is 307 Å². The molecule has 0 fully saturated rings. The molecular formula is C50H40N2. The van der Waals surface area contributed by atoms with Gasteiger partial charge in [-0.25, -0.2) is 0 Å². The summed E-state index contributed by atoms with van der Waals surface area (Å²) >= 11 is 0. The summed E-state index contributed by atoms with van der Waals surface area (Å²) in [6, 6.07) is 57.5. The number of para-hydroxylation sites is 2. The van der Waals surface area contributed by atoms with E-state index in [1.54, 1.807) is 0 Å². The fourth-order valence-electron chi connectivity index (χ4n) is 7.93. The SMILES string of the molecule is C1=CC2=CC=CC(N(c3ccccc3)c3ccc(-c4ccc(-c5ccc(N(C6=CCCc7ccccc76)c6ccccc6)cc5)cc4)cc3)C2C=C1. The first-order valence-electron chi connectivity index (χ1n) is 18.3. The molecule has 0 saturated heterocycles. The number of hydrogen-bond acceptors (Lipinski definition) is 2. The zero-order valence-corrected chi connectivity index (χ0v) is 29.1. The molecule has 0 amide bonds. The Morgan fingerprint density at radius 2 is 1.00 bits per heavy atom. The molecule has 2 atom stereocenters. The van der Waals surface area contributed by atoms with E-state index >= 15 is 0 Å². The minimum atomic E-state index is 0.190. The van der Waals surface area contributed by atoms with E-state index in [2.05, 4.69) is 216 Å². The first-order chi connectivity index (χ1) is 25.8. The lowest BCUT2D eigenvalue weighted by atomic mass is 9.83. The molecule has 0 saturated carbocycles. The van der Waals surface area contributed by atoms with Gasteiger partial charge in [-0.15, -0.1) is 0 Å². The summed E-state index contributed by atoms with van der Waals surface area (Å²) in [6.45, 7) is 0. The van der Waals surface area contributed by atoms with Gasteiger partial charge in [0.05, 0.1) is 6.04 Å². The van der Waals surface area contributed by atoms with Crippen molar-refractivity contribution in [1.29, 1.82) is 0 Å². The Morgan fingerprint density at radius 1 is 0.462 bits per heavy atom. The highest BCUT2D eigenvalue weighted by Gasteiger charge is 2.30. The van der Waals surface area contributed by atoms with Crippen LogP contribution >= 0.6 is 0 Å². The van der Waals surface area contributed by atoms with Crippen LogP contribution in [0.5, 0.6) is 0 Å². The second-order valence-electron chi connectivity index (χ2n) is 13.6. The predicted molar refractivity (Wildman–Crippen MR) is 220 cm³/mol. The molecule has 0 aliphatic heterocycles. The van der Waals surface area contributed by atoms with Crippen molar-refractivity contribution in [2.24, 2.45) is 5.92 Å². The maximum atomic E-state index is 2.47. The van der Waals surface area contributed by atoms with Gasteiger partial charge in [-0.3, -0.25) is 0 Å². The first-order valence-corrected chi connectivity index (χ1v) is 18.3. The second kappa shape index (κ2) is 14.1. The number of anilines is 4. The summed E-state index contributed by atoms with van der Waals surface area (Å²) in [5.41, 5.74) is 14.9. The average Bonchev–Trinajstić information content (AvgIpc) is 3.23. The number of nitrogens with zero attached hydrogens (tertiary/aromatic N) is 2. The molecule has 0 N–H and O–H groups in total. The van der Waals surface area contributed by atoms with Crippen molar-refractivity contribution in [2.45, 2.75) is 18.9 Å². The number of aryl methyl sites for hydroxylation is 1. The van der Waals surface area contributed by atoms with Crippen LogP contribution in [-0.4, -0.2) is 6.04 Å². The molecule has 250 valence electrons. The molecule has 0 bridgehead atoms. The molecule has 0 spiro atoms. The van der Waals surface area contributed by atoms with Gasteiger partial charge in [-0.2, -0.15) is 0 Å². The number of hydrogen-bond donors (Lipinski definition) is 0. The Kier molecular flexibility index (Phi) is 8.56. The Hall–Kier alpha value is -6.38. The third-order valence-corrected chi connectivity index (χ3v) is 10.5. The van der Waals surface area contributed by atoms with Gasteiger partial charge < -0.3 is 9.80 Å². The van der Waals surface area contributed by atoms with Gasteiger partial charge in [0.1, 0.15) is 0 Å². The molecule has 2 unspecified atom stereocenters. The van der Waals surface area contributed by atoms with Crippen molar-refractivity contribution < 1.29 is 0 Å². The molecule has 3 aliphatic rings. The summed E-state index contributed by atoms with van der Waals surface area (Å²) < 4.78 is 0. The fraction of sp³-hybridized carbons (Fsp3) is 0.0800. The Balaban J connectivity index is 0.970. The standard InChI is InChI=1S/C50H40N2/c1-3-17-43(18-4-1)51(49-23-11-15-41-13-7-9-21-47(41)49)45-33-29-39(30-34-45)37-25-27-38(28-26-37)40-31-35-46(36-32-40)52(44-19-5-2-6-20-44)50-24-12-16-42-14-8-10-22-48(42)50/h1-11,13-15,17-36,47,49H,12,16H2. The zero-order chi connectivity index (χ0) is 34.7. The van der Waals surface area contributed by atoms with Gasteiger partial charge >= 0.3 is 0 Å². The van der Waals surface area contributed by atoms with Crippen molar-refractivity contribution in [2.75, 3.05) is 9.80 Å². The summed E-state index contributed by atoms with van der Waals surface area (Å²) in [7, 11) is 0. The molecule has 0 heterocycles. The largest absolute Gasteiger partial charge is 0.334 e. The monoisotopic (exact) mass is 668 g/mol. The second-order valence-corrected chi connectivity index (χ2v) is 13.6. The van der Waals surface area contributed by atoms with E-state index in [4.69, 9.17) is 0 Å². The lowest BCUT2D eigenvalue weighted by Gasteiger charge is -2.38. The molecule has 0 aromatic heterocycles. The number of rotatable bonds is 8. The summed E-state index contributed by atoms with van der Waals surface area (Å²) in [5, 5.41) is 0. The van der Waals surface area contributed by atoms with Crippen LogP contribution in [0, 0.1) is 5.92 Å². The van der Waals surface area contributed by atoms with Crippen LogP contribution < -0.4 is 9.80 Å². The van der Waals surface area contributed by atoms with E-state index < -0.39 is 0 Å². The molecular weight excluding hydrogens is 629 g/mol. The Morgan fingerprint density at radius 3 is 1.67 bits per heavy atom. The van der Waals surface area contributed by atoms with Gasteiger partial charge in [0, 0.05) is 39.9 Å². The topological polar surface area (TPSA) is 6.48 Å². The van der Waals surface area contributed by atoms with Crippen molar-refractivity contribution in [3.63, 3.8) is 0 Å². The van der Waals surface area contributed by atoms with Gasteiger partial charge in [-0.05, 0) is 94.8 Å². The van der Waals surface area contributed by atoms with Crippen LogP contribution in [0.4, 0.5) is 22.7 Å². The molecule has 2 heteroatoms. The van der Waals surface area contributed by atoms with E-state index in [1.165, 1.54) is 61.7 Å². The van der Waals surface area contributed by atoms with E-state index in [-0.39, 0.29) is 6.04 Å². The van der Waals surface area contributed by atoms with Crippen LogP contribution in [0.1, 0.15) is 17.5 Å². The van der Waals surface area contributed by atoms with Gasteiger partial charge in [0.25, 0.3) is 0 Å². The lowest BCUT2D eigenvalue weighted by molar-refractivity contribution is 0.640. The normalized spacial score (nSPS) is 17.1. The quantitative estimate of drug-likeness (QED) is 0.159. The van der Waals surface area contributed by atoms with E-state index in [9.17, 15) is 0 Å². The molecule has 0 radical (unpaired) electrons. The highest BCUT2D eigenvalue weighted by molar-refractivity contribution is 5.90. The van der Waals surface area contributed by atoms with Crippen molar-refractivity contribution in [3.8, 4) is 22.3 Å². The summed E-state index contributed by atoms with van der Waals surface area (Å²) in [6.07, 6.45) is 20.1. The van der Waals surface area contributed by atoms with Crippen molar-refractivity contribution >= 4 is 28.4 Å². The molecule has 9 rings (SSSR count). The summed E-state index contributed by atoms with van der Waals surface area (Å²) in [5.74, 6) is 0.305. The van der Waals surface area contributed by atoms with Crippen LogP contribution in [-0.2, 0) is 6.42 Å². The predicted octanol–water partition coefficient (Wildman–Crippen LogP) is 12.9. The number of allylic oxidation sites excluding steroid dienone is 6. The van der Waals surface area contributed by atoms with E-state index in [1.807, 2.05) is 0 Å². The third kappa shape index (κ3) is 6.14. The van der Waals surface area contributed by atoms with Crippen LogP contribution in [0.2, 0.25) is 0 Å². The lowest BCUT2D eigenvalue weighted by Crippen LogP contribution is -2.37. The molecule has 6 aromatic carbocycles. The maximum Gasteiger partial charge on any atom is 0.0628 e. The highest BCUT2D eigenvalue weighted by Crippen LogP contribution is 2.40.